The Morgan fingerprint density at radius 3 is 3.00 bits per heavy atom. The molecule has 0 radical (unpaired) electrons. The first-order valence-corrected chi connectivity index (χ1v) is 4.85. The lowest BCUT2D eigenvalue weighted by molar-refractivity contribution is 0.0532. The van der Waals surface area contributed by atoms with Gasteiger partial charge in [0.2, 0.25) is 0 Å². The number of rotatable bonds is 2. The third-order valence-electron chi connectivity index (χ3n) is 1.31. The molecule has 5 heteroatoms. The molecule has 68 valence electrons. The predicted octanol–water partition coefficient (Wildman–Crippen LogP) is 2.09. The summed E-state index contributed by atoms with van der Waals surface area (Å²) in [6, 6.07) is 3.43. The second kappa shape index (κ2) is 4.30. The molecule has 0 aromatic carbocycles. The van der Waals surface area contributed by atoms with Crippen LogP contribution in [0, 0.1) is 11.3 Å². The van der Waals surface area contributed by atoms with Crippen LogP contribution >= 0.6 is 24.0 Å². The lowest BCUT2D eigenvalue weighted by atomic mass is 10.3. The van der Waals surface area contributed by atoms with Crippen molar-refractivity contribution in [2.45, 2.75) is 11.1 Å². The van der Waals surface area contributed by atoms with Crippen molar-refractivity contribution in [3.05, 3.63) is 16.5 Å². The normalized spacial score (nSPS) is 9.31. The zero-order chi connectivity index (χ0) is 9.84. The molecule has 1 aromatic heterocycles. The third-order valence-corrected chi connectivity index (χ3v) is 2.74. The number of carbonyl (C=O) groups excluding carboxylic acids is 1. The Balaban J connectivity index is 2.92. The number of thiophene rings is 1. The van der Waals surface area contributed by atoms with Gasteiger partial charge in [-0.2, -0.15) is 5.26 Å². The van der Waals surface area contributed by atoms with Crippen molar-refractivity contribution in [3.63, 3.8) is 0 Å². The summed E-state index contributed by atoms with van der Waals surface area (Å²) in [4.78, 5) is 11.6. The fraction of sp³-hybridized carbons (Fsp3) is 0.250. The van der Waals surface area contributed by atoms with Crippen LogP contribution < -0.4 is 0 Å². The standard InChI is InChI=1S/C8H7NO2S2/c1-2-11-7(10)6-3-5(4-9)8(12)13-6/h3,12H,2H2,1H3. The second-order valence-electron chi connectivity index (χ2n) is 2.16. The summed E-state index contributed by atoms with van der Waals surface area (Å²) in [5.41, 5.74) is 0.413. The number of ether oxygens (including phenoxy) is 1. The van der Waals surface area contributed by atoms with Crippen LogP contribution in [-0.2, 0) is 4.74 Å². The first-order chi connectivity index (χ1) is 6.19. The molecule has 3 nitrogen and oxygen atoms in total. The van der Waals surface area contributed by atoms with E-state index in [0.717, 1.165) is 11.3 Å². The highest BCUT2D eigenvalue weighted by molar-refractivity contribution is 7.83. The maximum Gasteiger partial charge on any atom is 0.348 e. The molecule has 0 aliphatic carbocycles. The van der Waals surface area contributed by atoms with Gasteiger partial charge >= 0.3 is 5.97 Å². The van der Waals surface area contributed by atoms with E-state index in [9.17, 15) is 4.79 Å². The summed E-state index contributed by atoms with van der Waals surface area (Å²) in [5, 5.41) is 8.60. The molecule has 0 saturated carbocycles. The van der Waals surface area contributed by atoms with E-state index in [0.29, 0.717) is 21.3 Å². The first kappa shape index (κ1) is 10.1. The number of nitriles is 1. The first-order valence-electron chi connectivity index (χ1n) is 3.59. The van der Waals surface area contributed by atoms with Gasteiger partial charge in [-0.1, -0.05) is 0 Å². The van der Waals surface area contributed by atoms with E-state index in [4.69, 9.17) is 10.00 Å². The highest BCUT2D eigenvalue weighted by Crippen LogP contribution is 2.25. The Labute approximate surface area is 85.4 Å². The zero-order valence-corrected chi connectivity index (χ0v) is 8.61. The molecule has 0 aliphatic rings. The topological polar surface area (TPSA) is 50.1 Å². The van der Waals surface area contributed by atoms with E-state index in [1.165, 1.54) is 6.07 Å². The molecular weight excluding hydrogens is 206 g/mol. The Morgan fingerprint density at radius 2 is 2.54 bits per heavy atom. The van der Waals surface area contributed by atoms with Crippen LogP contribution in [0.5, 0.6) is 0 Å². The number of hydrogen-bond donors (Lipinski definition) is 1. The van der Waals surface area contributed by atoms with Gasteiger partial charge < -0.3 is 4.74 Å². The van der Waals surface area contributed by atoms with Crippen LogP contribution in [0.15, 0.2) is 10.3 Å². The van der Waals surface area contributed by atoms with Crippen LogP contribution in [0.3, 0.4) is 0 Å². The fourth-order valence-electron chi connectivity index (χ4n) is 0.764. The largest absolute Gasteiger partial charge is 0.462 e. The van der Waals surface area contributed by atoms with E-state index in [1.807, 2.05) is 6.07 Å². The second-order valence-corrected chi connectivity index (χ2v) is 3.96. The predicted molar refractivity (Wildman–Crippen MR) is 52.2 cm³/mol. The molecular formula is C8H7NO2S2. The smallest absolute Gasteiger partial charge is 0.348 e. The Hall–Kier alpha value is -0.990. The summed E-state index contributed by atoms with van der Waals surface area (Å²) in [6.45, 7) is 2.07. The molecule has 0 atom stereocenters. The number of carbonyl (C=O) groups is 1. The minimum Gasteiger partial charge on any atom is -0.462 e. The van der Waals surface area contributed by atoms with Gasteiger partial charge in [0.15, 0.2) is 0 Å². The molecule has 1 rings (SSSR count). The van der Waals surface area contributed by atoms with E-state index in [2.05, 4.69) is 12.6 Å². The Morgan fingerprint density at radius 1 is 1.85 bits per heavy atom. The van der Waals surface area contributed by atoms with Crippen molar-refractivity contribution >= 4 is 29.9 Å². The molecule has 13 heavy (non-hydrogen) atoms. The van der Waals surface area contributed by atoms with Crippen molar-refractivity contribution in [1.82, 2.24) is 0 Å². The van der Waals surface area contributed by atoms with Crippen molar-refractivity contribution in [1.29, 1.82) is 5.26 Å². The third kappa shape index (κ3) is 2.23. The molecule has 0 N–H and O–H groups in total. The van der Waals surface area contributed by atoms with Crippen LogP contribution in [0.25, 0.3) is 0 Å². The molecule has 0 spiro atoms. The SMILES string of the molecule is CCOC(=O)c1cc(C#N)c(S)s1. The van der Waals surface area contributed by atoms with Crippen molar-refractivity contribution in [2.24, 2.45) is 0 Å². The summed E-state index contributed by atoms with van der Waals surface area (Å²) in [7, 11) is 0. The van der Waals surface area contributed by atoms with Gasteiger partial charge in [-0.25, -0.2) is 4.79 Å². The molecule has 1 heterocycles. The number of nitrogens with zero attached hydrogens (tertiary/aromatic N) is 1. The highest BCUT2D eigenvalue weighted by Gasteiger charge is 2.12. The maximum atomic E-state index is 11.2. The number of thiol groups is 1. The molecule has 0 aliphatic heterocycles. The van der Waals surface area contributed by atoms with Gasteiger partial charge in [0.1, 0.15) is 10.9 Å². The lowest BCUT2D eigenvalue weighted by Gasteiger charge is -1.95. The summed E-state index contributed by atoms with van der Waals surface area (Å²) < 4.78 is 5.32. The van der Waals surface area contributed by atoms with Gasteiger partial charge in [0.05, 0.1) is 16.4 Å². The summed E-state index contributed by atoms with van der Waals surface area (Å²) in [6.07, 6.45) is 0. The van der Waals surface area contributed by atoms with E-state index in [1.54, 1.807) is 6.92 Å². The van der Waals surface area contributed by atoms with Crippen molar-refractivity contribution in [3.8, 4) is 6.07 Å². The lowest BCUT2D eigenvalue weighted by Crippen LogP contribution is -2.01. The minimum absolute atomic E-state index is 0.334. The van der Waals surface area contributed by atoms with Gasteiger partial charge in [0, 0.05) is 0 Å². The quantitative estimate of drug-likeness (QED) is 0.604. The van der Waals surface area contributed by atoms with Crippen LogP contribution in [-0.4, -0.2) is 12.6 Å². The van der Waals surface area contributed by atoms with Gasteiger partial charge in [0.25, 0.3) is 0 Å². The van der Waals surface area contributed by atoms with Crippen molar-refractivity contribution in [2.75, 3.05) is 6.61 Å². The van der Waals surface area contributed by atoms with Gasteiger partial charge in [-0.15, -0.1) is 24.0 Å². The molecule has 0 saturated heterocycles. The molecule has 1 aromatic rings. The van der Waals surface area contributed by atoms with Gasteiger partial charge in [-0.3, -0.25) is 0 Å². The summed E-state index contributed by atoms with van der Waals surface area (Å²) >= 11 is 5.20. The number of hydrogen-bond acceptors (Lipinski definition) is 5. The molecule has 0 fully saturated rings. The highest BCUT2D eigenvalue weighted by atomic mass is 32.2. The van der Waals surface area contributed by atoms with E-state index < -0.39 is 5.97 Å². The molecule has 0 amide bonds. The minimum atomic E-state index is -0.399. The van der Waals surface area contributed by atoms with Crippen LogP contribution in [0.2, 0.25) is 0 Å². The molecule has 0 unspecified atom stereocenters. The average Bonchev–Trinajstić information content (AvgIpc) is 2.47. The van der Waals surface area contributed by atoms with Crippen LogP contribution in [0.1, 0.15) is 22.2 Å². The summed E-state index contributed by atoms with van der Waals surface area (Å²) in [5.74, 6) is -0.399. The monoisotopic (exact) mass is 213 g/mol. The zero-order valence-electron chi connectivity index (χ0n) is 6.90. The maximum absolute atomic E-state index is 11.2. The number of esters is 1. The fourth-order valence-corrected chi connectivity index (χ4v) is 1.92. The van der Waals surface area contributed by atoms with Crippen LogP contribution in [0.4, 0.5) is 0 Å². The van der Waals surface area contributed by atoms with Gasteiger partial charge in [-0.05, 0) is 13.0 Å². The molecule has 0 bridgehead atoms. The van der Waals surface area contributed by atoms with E-state index >= 15 is 0 Å². The van der Waals surface area contributed by atoms with E-state index in [-0.39, 0.29) is 0 Å². The Bertz CT molecular complexity index is 365. The average molecular weight is 213 g/mol. The Kier molecular flexibility index (Phi) is 3.34. The van der Waals surface area contributed by atoms with Crippen molar-refractivity contribution < 1.29 is 9.53 Å².